The zero-order chi connectivity index (χ0) is 9.97. The topological polar surface area (TPSA) is 17.1 Å². The molecule has 0 aliphatic heterocycles. The third-order valence-corrected chi connectivity index (χ3v) is 4.92. The number of hydrogen-bond donors (Lipinski definition) is 0. The molecule has 3 unspecified atom stereocenters. The molecular weight excluding hydrogens is 172 g/mol. The Balaban J connectivity index is 2.12. The van der Waals surface area contributed by atoms with E-state index in [1.807, 2.05) is 0 Å². The normalized spacial score (nSPS) is 53.1. The summed E-state index contributed by atoms with van der Waals surface area (Å²) in [4.78, 5) is 12.0. The van der Waals surface area contributed by atoms with Gasteiger partial charge in [-0.25, -0.2) is 0 Å². The van der Waals surface area contributed by atoms with Gasteiger partial charge in [-0.2, -0.15) is 0 Å². The molecule has 0 aromatic rings. The summed E-state index contributed by atoms with van der Waals surface area (Å²) in [6, 6.07) is 0. The maximum Gasteiger partial charge on any atom is 0.140 e. The summed E-state index contributed by atoms with van der Waals surface area (Å²) in [5.74, 6) is 1.59. The van der Waals surface area contributed by atoms with Gasteiger partial charge in [-0.05, 0) is 5.92 Å². The van der Waals surface area contributed by atoms with Crippen molar-refractivity contribution < 1.29 is 4.79 Å². The van der Waals surface area contributed by atoms with Crippen LogP contribution in [0.5, 0.6) is 0 Å². The molecule has 4 atom stereocenters. The lowest BCUT2D eigenvalue weighted by Gasteiger charge is -2.20. The summed E-state index contributed by atoms with van der Waals surface area (Å²) in [5, 5.41) is 0. The third kappa shape index (κ3) is 0.589. The van der Waals surface area contributed by atoms with Crippen LogP contribution in [-0.4, -0.2) is 5.78 Å². The van der Waals surface area contributed by atoms with Crippen molar-refractivity contribution in [2.45, 2.75) is 26.7 Å². The predicted molar refractivity (Wildman–Crippen MR) is 55.7 cm³/mol. The molecule has 0 amide bonds. The SMILES string of the molecule is CC[C@@H]1CC(=O)C2(C)C3C=CC=CC312. The minimum absolute atomic E-state index is 0.0445. The molecule has 0 bridgehead atoms. The molecule has 1 spiro atoms. The monoisotopic (exact) mass is 188 g/mol. The van der Waals surface area contributed by atoms with E-state index in [1.165, 1.54) is 0 Å². The van der Waals surface area contributed by atoms with Gasteiger partial charge in [0, 0.05) is 23.2 Å². The van der Waals surface area contributed by atoms with Crippen molar-refractivity contribution in [1.82, 2.24) is 0 Å². The van der Waals surface area contributed by atoms with Crippen molar-refractivity contribution in [2.24, 2.45) is 22.7 Å². The van der Waals surface area contributed by atoms with Crippen LogP contribution in [0, 0.1) is 22.7 Å². The fourth-order valence-corrected chi connectivity index (χ4v) is 4.05. The van der Waals surface area contributed by atoms with E-state index < -0.39 is 0 Å². The molecule has 3 rings (SSSR count). The first kappa shape index (κ1) is 8.46. The number of ketones is 1. The van der Waals surface area contributed by atoms with E-state index in [0.29, 0.717) is 17.6 Å². The van der Waals surface area contributed by atoms with Crippen molar-refractivity contribution in [2.75, 3.05) is 0 Å². The number of carbonyl (C=O) groups excluding carboxylic acids is 1. The Morgan fingerprint density at radius 3 is 3.00 bits per heavy atom. The van der Waals surface area contributed by atoms with E-state index in [2.05, 4.69) is 38.2 Å². The molecule has 14 heavy (non-hydrogen) atoms. The summed E-state index contributed by atoms with van der Waals surface area (Å²) >= 11 is 0. The molecule has 3 aliphatic rings. The summed E-state index contributed by atoms with van der Waals surface area (Å²) in [5.41, 5.74) is 0.171. The van der Waals surface area contributed by atoms with Gasteiger partial charge < -0.3 is 0 Å². The lowest BCUT2D eigenvalue weighted by Crippen LogP contribution is -2.14. The Kier molecular flexibility index (Phi) is 1.33. The Bertz CT molecular complexity index is 365. The van der Waals surface area contributed by atoms with Crippen molar-refractivity contribution in [3.63, 3.8) is 0 Å². The summed E-state index contributed by atoms with van der Waals surface area (Å²) in [7, 11) is 0. The number of fused-ring (bicyclic) bond motifs is 1. The minimum atomic E-state index is -0.0445. The molecule has 2 saturated carbocycles. The molecule has 1 nitrogen and oxygen atoms in total. The van der Waals surface area contributed by atoms with Crippen LogP contribution in [0.25, 0.3) is 0 Å². The van der Waals surface area contributed by atoms with Gasteiger partial charge in [0.15, 0.2) is 0 Å². The molecule has 74 valence electrons. The van der Waals surface area contributed by atoms with Crippen molar-refractivity contribution in [1.29, 1.82) is 0 Å². The van der Waals surface area contributed by atoms with Crippen LogP contribution in [-0.2, 0) is 4.79 Å². The molecule has 0 saturated heterocycles. The largest absolute Gasteiger partial charge is 0.299 e. The first-order valence-corrected chi connectivity index (χ1v) is 5.57. The van der Waals surface area contributed by atoms with Gasteiger partial charge >= 0.3 is 0 Å². The minimum Gasteiger partial charge on any atom is -0.299 e. The maximum atomic E-state index is 12.0. The molecule has 0 aromatic carbocycles. The highest BCUT2D eigenvalue weighted by molar-refractivity contribution is 5.94. The Morgan fingerprint density at radius 2 is 2.29 bits per heavy atom. The van der Waals surface area contributed by atoms with Crippen LogP contribution >= 0.6 is 0 Å². The van der Waals surface area contributed by atoms with Gasteiger partial charge in [0.25, 0.3) is 0 Å². The van der Waals surface area contributed by atoms with Crippen molar-refractivity contribution in [3.05, 3.63) is 24.3 Å². The third-order valence-electron chi connectivity index (χ3n) is 4.92. The molecule has 0 aromatic heterocycles. The van der Waals surface area contributed by atoms with Crippen molar-refractivity contribution in [3.8, 4) is 0 Å². The van der Waals surface area contributed by atoms with Gasteiger partial charge in [-0.3, -0.25) is 4.79 Å². The predicted octanol–water partition coefficient (Wildman–Crippen LogP) is 2.73. The zero-order valence-electron chi connectivity index (χ0n) is 8.79. The van der Waals surface area contributed by atoms with Gasteiger partial charge in [0.2, 0.25) is 0 Å². The van der Waals surface area contributed by atoms with Crippen LogP contribution in [0.4, 0.5) is 0 Å². The number of carbonyl (C=O) groups is 1. The first-order valence-electron chi connectivity index (χ1n) is 5.57. The van der Waals surface area contributed by atoms with E-state index >= 15 is 0 Å². The highest BCUT2D eigenvalue weighted by Crippen LogP contribution is 2.80. The summed E-state index contributed by atoms with van der Waals surface area (Å²) in [6.45, 7) is 4.37. The van der Waals surface area contributed by atoms with Gasteiger partial charge in [0.05, 0.1) is 0 Å². The molecule has 2 fully saturated rings. The highest BCUT2D eigenvalue weighted by Gasteiger charge is 2.80. The Labute approximate surface area is 84.9 Å². The average Bonchev–Trinajstić information content (AvgIpc) is 2.71. The molecule has 0 heterocycles. The van der Waals surface area contributed by atoms with Crippen LogP contribution < -0.4 is 0 Å². The molecule has 1 heteroatoms. The molecule has 0 N–H and O–H groups in total. The Hall–Kier alpha value is -0.850. The zero-order valence-corrected chi connectivity index (χ0v) is 8.79. The van der Waals surface area contributed by atoms with Gasteiger partial charge in [0.1, 0.15) is 5.78 Å². The standard InChI is InChI=1S/C13H16O/c1-3-9-8-11(14)12(2)10-6-4-5-7-13(9,10)12/h4-7,9-10H,3,8H2,1-2H3/t9-,10?,12?,13?/m1/s1. The lowest BCUT2D eigenvalue weighted by atomic mass is 9.83. The number of Topliss-reactive ketones (excluding diaryl/α,β-unsaturated/α-hetero) is 1. The van der Waals surface area contributed by atoms with E-state index in [1.54, 1.807) is 0 Å². The van der Waals surface area contributed by atoms with E-state index in [-0.39, 0.29) is 10.8 Å². The molecular formula is C13H16O. The molecule has 3 aliphatic carbocycles. The van der Waals surface area contributed by atoms with E-state index in [4.69, 9.17) is 0 Å². The number of rotatable bonds is 1. The summed E-state index contributed by atoms with van der Waals surface area (Å²) < 4.78 is 0. The second-order valence-corrected chi connectivity index (χ2v) is 5.09. The van der Waals surface area contributed by atoms with Crippen molar-refractivity contribution >= 4 is 5.78 Å². The maximum absolute atomic E-state index is 12.0. The van der Waals surface area contributed by atoms with Crippen LogP contribution in [0.3, 0.4) is 0 Å². The highest BCUT2D eigenvalue weighted by atomic mass is 16.1. The second-order valence-electron chi connectivity index (χ2n) is 5.09. The fraction of sp³-hybridized carbons (Fsp3) is 0.615. The van der Waals surface area contributed by atoms with Crippen LogP contribution in [0.1, 0.15) is 26.7 Å². The first-order chi connectivity index (χ1) is 6.68. The molecule has 0 radical (unpaired) electrons. The van der Waals surface area contributed by atoms with E-state index in [0.717, 1.165) is 12.8 Å². The van der Waals surface area contributed by atoms with Crippen LogP contribution in [0.15, 0.2) is 24.3 Å². The smallest absolute Gasteiger partial charge is 0.140 e. The average molecular weight is 188 g/mol. The summed E-state index contributed by atoms with van der Waals surface area (Å²) in [6.07, 6.45) is 10.7. The quantitative estimate of drug-likeness (QED) is 0.618. The lowest BCUT2D eigenvalue weighted by molar-refractivity contribution is -0.122. The van der Waals surface area contributed by atoms with Crippen LogP contribution in [0.2, 0.25) is 0 Å². The second kappa shape index (κ2) is 2.21. The van der Waals surface area contributed by atoms with Gasteiger partial charge in [-0.1, -0.05) is 44.6 Å². The van der Waals surface area contributed by atoms with Gasteiger partial charge in [-0.15, -0.1) is 0 Å². The number of hydrogen-bond acceptors (Lipinski definition) is 1. The fourth-order valence-electron chi connectivity index (χ4n) is 4.05. The van der Waals surface area contributed by atoms with E-state index in [9.17, 15) is 4.79 Å². The Morgan fingerprint density at radius 1 is 1.50 bits per heavy atom. The number of allylic oxidation sites excluding steroid dienone is 4.